The van der Waals surface area contributed by atoms with Crippen LogP contribution in [0.5, 0.6) is 0 Å². The predicted octanol–water partition coefficient (Wildman–Crippen LogP) is 6.09. The van der Waals surface area contributed by atoms with Crippen LogP contribution in [0.25, 0.3) is 0 Å². The van der Waals surface area contributed by atoms with Crippen molar-refractivity contribution in [3.8, 4) is 0 Å². The SMILES string of the molecule is ClC1=C(Cl)[C@@H]2[C@H](C(Cl)=C1Cl)[C@@H]1C[C@H]2C2C1[C@@H]1C=C[C@H]2CC1. The zero-order valence-corrected chi connectivity index (χ0v) is 14.4. The van der Waals surface area contributed by atoms with E-state index in [1.807, 2.05) is 0 Å². The Morgan fingerprint density at radius 2 is 1.14 bits per heavy atom. The zero-order chi connectivity index (χ0) is 14.5. The molecule has 0 nitrogen and oxygen atoms in total. The van der Waals surface area contributed by atoms with Gasteiger partial charge in [0.15, 0.2) is 0 Å². The first kappa shape index (κ1) is 13.8. The Morgan fingerprint density at radius 3 is 1.52 bits per heavy atom. The van der Waals surface area contributed by atoms with E-state index in [1.54, 1.807) is 0 Å². The van der Waals surface area contributed by atoms with Crippen LogP contribution in [0.3, 0.4) is 0 Å². The van der Waals surface area contributed by atoms with E-state index >= 15 is 0 Å². The molecular formula is C17H16Cl4. The van der Waals surface area contributed by atoms with Crippen molar-refractivity contribution < 1.29 is 0 Å². The van der Waals surface area contributed by atoms with Crippen molar-refractivity contribution in [2.24, 2.45) is 47.3 Å². The fourth-order valence-corrected chi connectivity index (χ4v) is 7.74. The monoisotopic (exact) mass is 360 g/mol. The molecule has 6 aliphatic carbocycles. The second kappa shape index (κ2) is 4.47. The van der Waals surface area contributed by atoms with Crippen molar-refractivity contribution >= 4 is 46.4 Å². The minimum Gasteiger partial charge on any atom is -0.0871 e. The lowest BCUT2D eigenvalue weighted by Gasteiger charge is -2.52. The van der Waals surface area contributed by atoms with Crippen LogP contribution in [0.1, 0.15) is 19.3 Å². The summed E-state index contributed by atoms with van der Waals surface area (Å²) in [6.45, 7) is 0. The summed E-state index contributed by atoms with van der Waals surface area (Å²) in [7, 11) is 0. The molecule has 6 aliphatic rings. The molecule has 6 rings (SSSR count). The van der Waals surface area contributed by atoms with Crippen LogP contribution in [0, 0.1) is 47.3 Å². The number of hydrogen-bond donors (Lipinski definition) is 0. The van der Waals surface area contributed by atoms with E-state index < -0.39 is 0 Å². The Morgan fingerprint density at radius 1 is 0.714 bits per heavy atom. The summed E-state index contributed by atoms with van der Waals surface area (Å²) in [6.07, 6.45) is 8.89. The molecule has 0 aromatic rings. The number of halogens is 4. The van der Waals surface area contributed by atoms with Gasteiger partial charge in [0.05, 0.1) is 10.1 Å². The lowest BCUT2D eigenvalue weighted by atomic mass is 9.53. The number of rotatable bonds is 0. The molecule has 0 N–H and O–H groups in total. The van der Waals surface area contributed by atoms with Gasteiger partial charge in [-0.3, -0.25) is 0 Å². The number of fused-ring (bicyclic) bond motifs is 6. The van der Waals surface area contributed by atoms with Crippen LogP contribution in [0.2, 0.25) is 0 Å². The second-order valence-electron chi connectivity index (χ2n) is 7.38. The third-order valence-corrected chi connectivity index (χ3v) is 8.87. The first-order valence-corrected chi connectivity index (χ1v) is 9.39. The van der Waals surface area contributed by atoms with Crippen LogP contribution < -0.4 is 0 Å². The van der Waals surface area contributed by atoms with Crippen LogP contribution in [-0.2, 0) is 0 Å². The van der Waals surface area contributed by atoms with Gasteiger partial charge in [-0.1, -0.05) is 58.6 Å². The maximum absolute atomic E-state index is 6.61. The van der Waals surface area contributed by atoms with Crippen molar-refractivity contribution in [3.05, 3.63) is 32.3 Å². The van der Waals surface area contributed by atoms with Gasteiger partial charge in [-0.05, 0) is 54.8 Å². The molecule has 0 amide bonds. The summed E-state index contributed by atoms with van der Waals surface area (Å²) < 4.78 is 0. The van der Waals surface area contributed by atoms with Crippen molar-refractivity contribution in [2.45, 2.75) is 19.3 Å². The highest BCUT2D eigenvalue weighted by Crippen LogP contribution is 2.71. The first-order chi connectivity index (χ1) is 10.1. The van der Waals surface area contributed by atoms with E-state index in [2.05, 4.69) is 12.2 Å². The smallest absolute Gasteiger partial charge is 0.0752 e. The van der Waals surface area contributed by atoms with Gasteiger partial charge in [-0.2, -0.15) is 0 Å². The van der Waals surface area contributed by atoms with E-state index in [1.165, 1.54) is 19.3 Å². The molecule has 3 saturated carbocycles. The Bertz CT molecular complexity index is 564. The molecule has 21 heavy (non-hydrogen) atoms. The summed E-state index contributed by atoms with van der Waals surface area (Å²) in [4.78, 5) is 0. The molecule has 0 spiro atoms. The average Bonchev–Trinajstić information content (AvgIpc) is 3.10. The molecule has 0 saturated heterocycles. The highest BCUT2D eigenvalue weighted by molar-refractivity contribution is 6.51. The molecule has 8 atom stereocenters. The highest BCUT2D eigenvalue weighted by Gasteiger charge is 2.64. The minimum atomic E-state index is 0.313. The minimum absolute atomic E-state index is 0.313. The molecule has 4 bridgehead atoms. The Kier molecular flexibility index (Phi) is 2.93. The summed E-state index contributed by atoms with van der Waals surface area (Å²) >= 11 is 25.9. The van der Waals surface area contributed by atoms with Gasteiger partial charge in [-0.15, -0.1) is 0 Å². The predicted molar refractivity (Wildman–Crippen MR) is 88.4 cm³/mol. The van der Waals surface area contributed by atoms with E-state index in [-0.39, 0.29) is 0 Å². The van der Waals surface area contributed by atoms with Crippen LogP contribution in [0.4, 0.5) is 0 Å². The van der Waals surface area contributed by atoms with Crippen molar-refractivity contribution in [2.75, 3.05) is 0 Å². The summed E-state index contributed by atoms with van der Waals surface area (Å²) in [6, 6.07) is 0. The molecule has 0 aromatic heterocycles. The molecule has 112 valence electrons. The Labute approximate surface area is 145 Å². The quantitative estimate of drug-likeness (QED) is 0.458. The third kappa shape index (κ3) is 1.56. The molecule has 0 aromatic carbocycles. The molecular weight excluding hydrogens is 346 g/mol. The van der Waals surface area contributed by atoms with Crippen LogP contribution in [-0.4, -0.2) is 0 Å². The normalized spacial score (nSPS) is 53.5. The number of allylic oxidation sites excluding steroid dienone is 6. The van der Waals surface area contributed by atoms with Gasteiger partial charge < -0.3 is 0 Å². The highest BCUT2D eigenvalue weighted by atomic mass is 35.5. The number of hydrogen-bond acceptors (Lipinski definition) is 0. The fraction of sp³-hybridized carbons (Fsp3) is 0.647. The molecule has 4 heteroatoms. The molecule has 0 aliphatic heterocycles. The Balaban J connectivity index is 1.64. The van der Waals surface area contributed by atoms with E-state index in [9.17, 15) is 0 Å². The van der Waals surface area contributed by atoms with E-state index in [0.717, 1.165) is 33.7 Å². The summed E-state index contributed by atoms with van der Waals surface area (Å²) in [5, 5.41) is 2.52. The van der Waals surface area contributed by atoms with Gasteiger partial charge in [0.25, 0.3) is 0 Å². The summed E-state index contributed by atoms with van der Waals surface area (Å²) in [5.74, 6) is 4.99. The maximum Gasteiger partial charge on any atom is 0.0752 e. The van der Waals surface area contributed by atoms with Crippen molar-refractivity contribution in [1.82, 2.24) is 0 Å². The van der Waals surface area contributed by atoms with Gasteiger partial charge in [-0.25, -0.2) is 0 Å². The topological polar surface area (TPSA) is 0 Å². The Hall–Kier alpha value is 0.380. The molecule has 3 fully saturated rings. The fourth-order valence-electron chi connectivity index (χ4n) is 6.41. The first-order valence-electron chi connectivity index (χ1n) is 7.88. The maximum atomic E-state index is 6.61. The van der Waals surface area contributed by atoms with Gasteiger partial charge >= 0.3 is 0 Å². The van der Waals surface area contributed by atoms with Gasteiger partial charge in [0, 0.05) is 21.9 Å². The largest absolute Gasteiger partial charge is 0.0871 e. The van der Waals surface area contributed by atoms with E-state index in [0.29, 0.717) is 33.7 Å². The lowest BCUT2D eigenvalue weighted by Crippen LogP contribution is -2.46. The second-order valence-corrected chi connectivity index (χ2v) is 8.95. The molecule has 0 radical (unpaired) electrons. The molecule has 0 heterocycles. The zero-order valence-electron chi connectivity index (χ0n) is 11.4. The standard InChI is InChI=1S/C17H16Cl4/c18-14-12-8-5-9(13(12)15(19)17(21)16(14)20)11-7-2-1-6(3-4-7)10(8)11/h1-2,6-13H,3-5H2/t6-,7+,8-,9+,10?,11?,12-,13+. The van der Waals surface area contributed by atoms with Gasteiger partial charge in [0.2, 0.25) is 0 Å². The van der Waals surface area contributed by atoms with Crippen molar-refractivity contribution in [3.63, 3.8) is 0 Å². The van der Waals surface area contributed by atoms with E-state index in [4.69, 9.17) is 46.4 Å². The van der Waals surface area contributed by atoms with Gasteiger partial charge in [0.1, 0.15) is 0 Å². The van der Waals surface area contributed by atoms with Crippen LogP contribution >= 0.6 is 46.4 Å². The summed E-state index contributed by atoms with van der Waals surface area (Å²) in [5.41, 5.74) is 0. The lowest BCUT2D eigenvalue weighted by molar-refractivity contribution is 0.0288. The third-order valence-electron chi connectivity index (χ3n) is 6.91. The molecule has 2 unspecified atom stereocenters. The average molecular weight is 362 g/mol. The van der Waals surface area contributed by atoms with Crippen LogP contribution in [0.15, 0.2) is 32.3 Å². The van der Waals surface area contributed by atoms with Crippen molar-refractivity contribution in [1.29, 1.82) is 0 Å².